The number of hydrogen-bond acceptors (Lipinski definition) is 6. The second kappa shape index (κ2) is 6.65. The van der Waals surface area contributed by atoms with Crippen LogP contribution in [0.3, 0.4) is 0 Å². The number of rotatable bonds is 3. The molecule has 2 aliphatic heterocycles. The molecule has 2 atom stereocenters. The minimum absolute atomic E-state index is 0.0333. The molecule has 1 aromatic carbocycles. The SMILES string of the molecule is CCc1c2c(nc3ccc(OP)cc13)-c1cc3c(c(=O)n1C2)COC(=O)C3OC. The molecule has 0 radical (unpaired) electrons. The van der Waals surface area contributed by atoms with E-state index in [9.17, 15) is 9.59 Å². The van der Waals surface area contributed by atoms with E-state index in [0.717, 1.165) is 39.9 Å². The van der Waals surface area contributed by atoms with Crippen molar-refractivity contribution in [3.05, 3.63) is 56.9 Å². The normalized spacial score (nSPS) is 16.9. The molecule has 2 aliphatic rings. The molecule has 0 saturated carbocycles. The largest absolute Gasteiger partial charge is 0.480 e. The van der Waals surface area contributed by atoms with Crippen molar-refractivity contribution in [1.82, 2.24) is 9.55 Å². The van der Waals surface area contributed by atoms with E-state index in [-0.39, 0.29) is 12.2 Å². The van der Waals surface area contributed by atoms with Gasteiger partial charge in [-0.15, -0.1) is 0 Å². The third-order valence-corrected chi connectivity index (χ3v) is 6.02. The van der Waals surface area contributed by atoms with E-state index in [1.807, 2.05) is 24.3 Å². The fraction of sp³-hybridized carbons (Fsp3) is 0.286. The number of methoxy groups -OCH3 is 1. The van der Waals surface area contributed by atoms with Gasteiger partial charge >= 0.3 is 5.97 Å². The molecular weight excluding hydrogens is 391 g/mol. The molecule has 0 N–H and O–H groups in total. The molecular formula is C21H19N2O5P. The number of fused-ring (bicyclic) bond motifs is 5. The summed E-state index contributed by atoms with van der Waals surface area (Å²) in [5.41, 5.74) is 5.38. The third kappa shape index (κ3) is 2.54. The lowest BCUT2D eigenvalue weighted by Gasteiger charge is -2.24. The zero-order chi connectivity index (χ0) is 20.3. The first kappa shape index (κ1) is 18.3. The molecule has 0 bridgehead atoms. The Bertz CT molecular complexity index is 1250. The number of hydrogen-bond donors (Lipinski definition) is 0. The van der Waals surface area contributed by atoms with E-state index in [2.05, 4.69) is 16.4 Å². The highest BCUT2D eigenvalue weighted by atomic mass is 31.0. The summed E-state index contributed by atoms with van der Waals surface area (Å²) >= 11 is 0. The van der Waals surface area contributed by atoms with Crippen LogP contribution in [-0.4, -0.2) is 22.6 Å². The van der Waals surface area contributed by atoms with Crippen molar-refractivity contribution >= 4 is 26.3 Å². The fourth-order valence-electron chi connectivity index (χ4n) is 4.37. The lowest BCUT2D eigenvalue weighted by molar-refractivity contribution is -0.159. The summed E-state index contributed by atoms with van der Waals surface area (Å²) in [5.74, 6) is 0.258. The Morgan fingerprint density at radius 2 is 2.10 bits per heavy atom. The average molecular weight is 410 g/mol. The van der Waals surface area contributed by atoms with Gasteiger partial charge in [-0.1, -0.05) is 6.92 Å². The molecule has 4 heterocycles. The summed E-state index contributed by atoms with van der Waals surface area (Å²) in [6.45, 7) is 2.50. The maximum absolute atomic E-state index is 13.2. The monoisotopic (exact) mass is 410 g/mol. The van der Waals surface area contributed by atoms with E-state index >= 15 is 0 Å². The number of carbonyl (C=O) groups excluding carboxylic acids is 1. The summed E-state index contributed by atoms with van der Waals surface area (Å²) in [7, 11) is 3.69. The maximum Gasteiger partial charge on any atom is 0.340 e. The molecule has 29 heavy (non-hydrogen) atoms. The number of aromatic nitrogens is 2. The van der Waals surface area contributed by atoms with Crippen LogP contribution in [0.4, 0.5) is 0 Å². The summed E-state index contributed by atoms with van der Waals surface area (Å²) in [6, 6.07) is 7.61. The van der Waals surface area contributed by atoms with Crippen LogP contribution in [0.1, 0.15) is 35.3 Å². The molecule has 3 aromatic rings. The molecule has 2 aromatic heterocycles. The number of esters is 1. The summed E-state index contributed by atoms with van der Waals surface area (Å²) in [4.78, 5) is 30.2. The topological polar surface area (TPSA) is 79.6 Å². The fourth-order valence-corrected chi connectivity index (χ4v) is 4.52. The van der Waals surface area contributed by atoms with Gasteiger partial charge in [0.15, 0.2) is 6.10 Å². The van der Waals surface area contributed by atoms with Crippen molar-refractivity contribution in [3.63, 3.8) is 0 Å². The van der Waals surface area contributed by atoms with Crippen molar-refractivity contribution in [2.24, 2.45) is 0 Å². The lowest BCUT2D eigenvalue weighted by atomic mass is 9.97. The lowest BCUT2D eigenvalue weighted by Crippen LogP contribution is -2.33. The predicted molar refractivity (Wildman–Crippen MR) is 110 cm³/mol. The van der Waals surface area contributed by atoms with Crippen molar-refractivity contribution in [2.45, 2.75) is 32.6 Å². The predicted octanol–water partition coefficient (Wildman–Crippen LogP) is 2.90. The first-order chi connectivity index (χ1) is 14.1. The molecule has 8 heteroatoms. The second-order valence-corrected chi connectivity index (χ2v) is 7.38. The third-order valence-electron chi connectivity index (χ3n) is 5.75. The molecule has 2 unspecified atom stereocenters. The quantitative estimate of drug-likeness (QED) is 0.382. The highest BCUT2D eigenvalue weighted by molar-refractivity contribution is 7.10. The Morgan fingerprint density at radius 1 is 1.28 bits per heavy atom. The van der Waals surface area contributed by atoms with Crippen molar-refractivity contribution < 1.29 is 18.8 Å². The van der Waals surface area contributed by atoms with E-state index in [0.29, 0.717) is 23.4 Å². The first-order valence-electron chi connectivity index (χ1n) is 9.36. The number of ether oxygens (including phenoxy) is 2. The van der Waals surface area contributed by atoms with E-state index in [4.69, 9.17) is 19.0 Å². The summed E-state index contributed by atoms with van der Waals surface area (Å²) in [6.07, 6.45) is -0.0962. The maximum atomic E-state index is 13.2. The Hall–Kier alpha value is -2.76. The van der Waals surface area contributed by atoms with Crippen LogP contribution in [0.2, 0.25) is 0 Å². The molecule has 0 aliphatic carbocycles. The van der Waals surface area contributed by atoms with Gasteiger partial charge < -0.3 is 18.6 Å². The Kier molecular flexibility index (Phi) is 4.19. The van der Waals surface area contributed by atoms with E-state index in [1.165, 1.54) is 7.11 Å². The summed E-state index contributed by atoms with van der Waals surface area (Å²) in [5, 5.41) is 1.02. The van der Waals surface area contributed by atoms with Gasteiger partial charge in [0, 0.05) is 23.6 Å². The van der Waals surface area contributed by atoms with Crippen LogP contribution in [0, 0.1) is 0 Å². The van der Waals surface area contributed by atoms with Gasteiger partial charge in [0.2, 0.25) is 0 Å². The van der Waals surface area contributed by atoms with Crippen molar-refractivity contribution in [3.8, 4) is 17.1 Å². The molecule has 5 rings (SSSR count). The zero-order valence-corrected chi connectivity index (χ0v) is 17.2. The average Bonchev–Trinajstić information content (AvgIpc) is 3.10. The molecule has 0 amide bonds. The smallest absolute Gasteiger partial charge is 0.340 e. The molecule has 0 spiro atoms. The molecule has 0 saturated heterocycles. The van der Waals surface area contributed by atoms with Crippen molar-refractivity contribution in [2.75, 3.05) is 7.11 Å². The van der Waals surface area contributed by atoms with Crippen molar-refractivity contribution in [1.29, 1.82) is 0 Å². The number of nitrogens with zero attached hydrogens (tertiary/aromatic N) is 2. The highest BCUT2D eigenvalue weighted by Gasteiger charge is 2.35. The van der Waals surface area contributed by atoms with Crippen LogP contribution in [0.25, 0.3) is 22.3 Å². The summed E-state index contributed by atoms with van der Waals surface area (Å²) < 4.78 is 17.5. The number of pyridine rings is 2. The standard InChI is InChI=1S/C21H19N2O5P/c1-3-11-12-6-10(28-29)4-5-16(12)22-18-14(11)8-23-17(18)7-13-15(20(23)24)9-27-21(25)19(13)26-2/h4-7,19H,3,8-9,29H2,1-2H3. The van der Waals surface area contributed by atoms with Crippen LogP contribution in [-0.2, 0) is 33.8 Å². The minimum atomic E-state index is -0.894. The number of cyclic esters (lactones) is 1. The Balaban J connectivity index is 1.79. The molecule has 7 nitrogen and oxygen atoms in total. The number of carbonyl (C=O) groups is 1. The van der Waals surface area contributed by atoms with Crippen LogP contribution < -0.4 is 10.1 Å². The highest BCUT2D eigenvalue weighted by Crippen LogP contribution is 2.39. The second-order valence-electron chi connectivity index (χ2n) is 7.15. The number of aryl methyl sites for hydroxylation is 1. The Morgan fingerprint density at radius 3 is 2.83 bits per heavy atom. The number of benzene rings is 1. The van der Waals surface area contributed by atoms with E-state index in [1.54, 1.807) is 4.57 Å². The van der Waals surface area contributed by atoms with Crippen LogP contribution in [0.15, 0.2) is 29.1 Å². The Labute approximate surface area is 168 Å². The minimum Gasteiger partial charge on any atom is -0.480 e. The van der Waals surface area contributed by atoms with Gasteiger partial charge in [-0.3, -0.25) is 4.79 Å². The van der Waals surface area contributed by atoms with Crippen LogP contribution >= 0.6 is 9.47 Å². The van der Waals surface area contributed by atoms with Gasteiger partial charge in [-0.25, -0.2) is 9.78 Å². The van der Waals surface area contributed by atoms with Crippen LogP contribution in [0.5, 0.6) is 5.75 Å². The first-order valence-corrected chi connectivity index (χ1v) is 9.83. The van der Waals surface area contributed by atoms with E-state index < -0.39 is 12.1 Å². The van der Waals surface area contributed by atoms with Gasteiger partial charge in [-0.05, 0) is 36.2 Å². The van der Waals surface area contributed by atoms with Gasteiger partial charge in [0.25, 0.3) is 5.56 Å². The zero-order valence-electron chi connectivity index (χ0n) is 16.0. The van der Waals surface area contributed by atoms with Gasteiger partial charge in [-0.2, -0.15) is 0 Å². The molecule has 0 fully saturated rings. The van der Waals surface area contributed by atoms with Gasteiger partial charge in [0.05, 0.1) is 38.5 Å². The molecule has 148 valence electrons. The van der Waals surface area contributed by atoms with Gasteiger partial charge in [0.1, 0.15) is 12.4 Å².